The summed E-state index contributed by atoms with van der Waals surface area (Å²) in [5, 5.41) is 9.05. The van der Waals surface area contributed by atoms with Crippen molar-refractivity contribution < 1.29 is 17.9 Å². The lowest BCUT2D eigenvalue weighted by Gasteiger charge is -2.36. The zero-order valence-corrected chi connectivity index (χ0v) is 12.6. The number of rotatable bonds is 5. The molecule has 1 fully saturated rings. The summed E-state index contributed by atoms with van der Waals surface area (Å²) in [6.45, 7) is -0.161. The quantitative estimate of drug-likeness (QED) is 0.883. The zero-order chi connectivity index (χ0) is 14.0. The van der Waals surface area contributed by atoms with Gasteiger partial charge in [0.1, 0.15) is 5.82 Å². The largest absolute Gasteiger partial charge is 0.395 e. The van der Waals surface area contributed by atoms with Crippen LogP contribution in [0.5, 0.6) is 0 Å². The van der Waals surface area contributed by atoms with Crippen LogP contribution in [0.15, 0.2) is 27.6 Å². The van der Waals surface area contributed by atoms with E-state index in [-0.39, 0.29) is 28.6 Å². The minimum atomic E-state index is -3.71. The third-order valence-electron chi connectivity index (χ3n) is 3.28. The van der Waals surface area contributed by atoms with Gasteiger partial charge in [0.2, 0.25) is 10.0 Å². The molecule has 0 bridgehead atoms. The van der Waals surface area contributed by atoms with Crippen molar-refractivity contribution >= 4 is 26.0 Å². The lowest BCUT2D eigenvalue weighted by Crippen LogP contribution is -2.45. The third-order valence-corrected chi connectivity index (χ3v) is 6.21. The molecule has 4 nitrogen and oxygen atoms in total. The van der Waals surface area contributed by atoms with E-state index in [1.54, 1.807) is 0 Å². The van der Waals surface area contributed by atoms with Gasteiger partial charge in [-0.1, -0.05) is 6.42 Å². The van der Waals surface area contributed by atoms with E-state index in [9.17, 15) is 12.8 Å². The van der Waals surface area contributed by atoms with Gasteiger partial charge in [-0.05, 0) is 47.0 Å². The minimum Gasteiger partial charge on any atom is -0.395 e. The van der Waals surface area contributed by atoms with E-state index in [2.05, 4.69) is 15.9 Å². The summed E-state index contributed by atoms with van der Waals surface area (Å²) in [7, 11) is -3.71. The highest BCUT2D eigenvalue weighted by molar-refractivity contribution is 9.10. The van der Waals surface area contributed by atoms with Crippen LogP contribution in [0.25, 0.3) is 0 Å². The van der Waals surface area contributed by atoms with Crippen LogP contribution < -0.4 is 0 Å². The molecule has 0 radical (unpaired) electrons. The number of hydrogen-bond acceptors (Lipinski definition) is 3. The first kappa shape index (κ1) is 14.9. The van der Waals surface area contributed by atoms with Gasteiger partial charge in [0, 0.05) is 17.1 Å². The number of hydrogen-bond donors (Lipinski definition) is 1. The maximum Gasteiger partial charge on any atom is 0.244 e. The monoisotopic (exact) mass is 351 g/mol. The van der Waals surface area contributed by atoms with Crippen LogP contribution in [0, 0.1) is 5.82 Å². The highest BCUT2D eigenvalue weighted by Crippen LogP contribution is 2.32. The molecule has 1 aliphatic rings. The van der Waals surface area contributed by atoms with E-state index >= 15 is 0 Å². The Morgan fingerprint density at radius 3 is 2.58 bits per heavy atom. The Morgan fingerprint density at radius 1 is 1.42 bits per heavy atom. The molecule has 0 spiro atoms. The number of aliphatic hydroxyl groups excluding tert-OH is 1. The summed E-state index contributed by atoms with van der Waals surface area (Å²) in [5.41, 5.74) is 0. The molecule has 19 heavy (non-hydrogen) atoms. The average molecular weight is 352 g/mol. The predicted molar refractivity (Wildman–Crippen MR) is 72.7 cm³/mol. The number of aliphatic hydroxyl groups is 1. The smallest absolute Gasteiger partial charge is 0.244 e. The second kappa shape index (κ2) is 5.87. The molecule has 1 aliphatic carbocycles. The molecule has 0 atom stereocenters. The molecule has 0 unspecified atom stereocenters. The van der Waals surface area contributed by atoms with Crippen molar-refractivity contribution in [1.82, 2.24) is 4.31 Å². The second-order valence-electron chi connectivity index (χ2n) is 4.50. The molecule has 1 saturated carbocycles. The number of nitrogens with zero attached hydrogens (tertiary/aromatic N) is 1. The van der Waals surface area contributed by atoms with Crippen molar-refractivity contribution in [2.45, 2.75) is 30.2 Å². The summed E-state index contributed by atoms with van der Waals surface area (Å²) < 4.78 is 39.7. The standard InChI is InChI=1S/C12H15BrFNO3S/c13-11-8-9(14)4-5-12(11)19(17,18)15(6-7-16)10-2-1-3-10/h4-5,8,10,16H,1-3,6-7H2. The first-order valence-electron chi connectivity index (χ1n) is 6.04. The summed E-state index contributed by atoms with van der Waals surface area (Å²) in [5.74, 6) is -0.497. The van der Waals surface area contributed by atoms with Crippen molar-refractivity contribution in [1.29, 1.82) is 0 Å². The molecule has 0 amide bonds. The van der Waals surface area contributed by atoms with Crippen LogP contribution in [0.3, 0.4) is 0 Å². The molecule has 0 saturated heterocycles. The van der Waals surface area contributed by atoms with Crippen molar-refractivity contribution in [2.24, 2.45) is 0 Å². The maximum atomic E-state index is 13.0. The van der Waals surface area contributed by atoms with Crippen molar-refractivity contribution in [3.63, 3.8) is 0 Å². The van der Waals surface area contributed by atoms with Gasteiger partial charge in [-0.3, -0.25) is 0 Å². The molecular formula is C12H15BrFNO3S. The minimum absolute atomic E-state index is 0.0363. The number of benzene rings is 1. The lowest BCUT2D eigenvalue weighted by molar-refractivity contribution is 0.178. The normalized spacial score (nSPS) is 16.6. The Hall–Kier alpha value is -0.500. The molecule has 0 heterocycles. The number of sulfonamides is 1. The summed E-state index contributed by atoms with van der Waals surface area (Å²) in [6, 6.07) is 3.44. The van der Waals surface area contributed by atoms with Gasteiger partial charge in [0.25, 0.3) is 0 Å². The zero-order valence-electron chi connectivity index (χ0n) is 10.2. The van der Waals surface area contributed by atoms with Crippen LogP contribution in [0.1, 0.15) is 19.3 Å². The molecule has 1 N–H and O–H groups in total. The topological polar surface area (TPSA) is 57.6 Å². The predicted octanol–water partition coefficient (Wildman–Crippen LogP) is 2.12. The lowest BCUT2D eigenvalue weighted by atomic mass is 9.93. The van der Waals surface area contributed by atoms with Gasteiger partial charge in [-0.25, -0.2) is 12.8 Å². The van der Waals surface area contributed by atoms with E-state index in [1.807, 2.05) is 0 Å². The Balaban J connectivity index is 2.38. The maximum absolute atomic E-state index is 13.0. The first-order chi connectivity index (χ1) is 8.96. The summed E-state index contributed by atoms with van der Waals surface area (Å²) in [6.07, 6.45) is 2.60. The Labute approximate surface area is 120 Å². The first-order valence-corrected chi connectivity index (χ1v) is 8.28. The highest BCUT2D eigenvalue weighted by Gasteiger charge is 2.35. The Morgan fingerprint density at radius 2 is 2.11 bits per heavy atom. The van der Waals surface area contributed by atoms with E-state index in [0.717, 1.165) is 31.4 Å². The van der Waals surface area contributed by atoms with Crippen molar-refractivity contribution in [3.05, 3.63) is 28.5 Å². The molecular weight excluding hydrogens is 337 g/mol. The van der Waals surface area contributed by atoms with Gasteiger partial charge in [0.15, 0.2) is 0 Å². The van der Waals surface area contributed by atoms with Crippen molar-refractivity contribution in [2.75, 3.05) is 13.2 Å². The molecule has 0 aliphatic heterocycles. The molecule has 2 rings (SSSR count). The van der Waals surface area contributed by atoms with Crippen LogP contribution in [-0.4, -0.2) is 37.0 Å². The van der Waals surface area contributed by atoms with Gasteiger partial charge in [-0.15, -0.1) is 0 Å². The van der Waals surface area contributed by atoms with Gasteiger partial charge in [0.05, 0.1) is 11.5 Å². The molecule has 0 aromatic heterocycles. The van der Waals surface area contributed by atoms with E-state index in [0.29, 0.717) is 0 Å². The van der Waals surface area contributed by atoms with Gasteiger partial charge in [-0.2, -0.15) is 4.31 Å². The third kappa shape index (κ3) is 2.99. The van der Waals surface area contributed by atoms with Crippen molar-refractivity contribution in [3.8, 4) is 0 Å². The van der Waals surface area contributed by atoms with E-state index in [4.69, 9.17) is 5.11 Å². The van der Waals surface area contributed by atoms with Crippen LogP contribution in [-0.2, 0) is 10.0 Å². The van der Waals surface area contributed by atoms with Gasteiger partial charge < -0.3 is 5.11 Å². The fourth-order valence-corrected chi connectivity index (χ4v) is 4.77. The molecule has 1 aromatic rings. The molecule has 106 valence electrons. The van der Waals surface area contributed by atoms with E-state index < -0.39 is 15.8 Å². The molecule has 7 heteroatoms. The fraction of sp³-hybridized carbons (Fsp3) is 0.500. The average Bonchev–Trinajstić information content (AvgIpc) is 2.25. The van der Waals surface area contributed by atoms with Crippen LogP contribution >= 0.6 is 15.9 Å². The van der Waals surface area contributed by atoms with E-state index in [1.165, 1.54) is 10.4 Å². The molecule has 1 aromatic carbocycles. The number of halogens is 2. The van der Waals surface area contributed by atoms with Crippen LogP contribution in [0.4, 0.5) is 4.39 Å². The Bertz CT molecular complexity index is 560. The summed E-state index contributed by atoms with van der Waals surface area (Å²) >= 11 is 3.08. The van der Waals surface area contributed by atoms with Gasteiger partial charge >= 0.3 is 0 Å². The SMILES string of the molecule is O=S(=O)(c1ccc(F)cc1Br)N(CCO)C1CCC1. The Kier molecular flexibility index (Phi) is 4.60. The van der Waals surface area contributed by atoms with Crippen LogP contribution in [0.2, 0.25) is 0 Å². The highest BCUT2D eigenvalue weighted by atomic mass is 79.9. The fourth-order valence-electron chi connectivity index (χ4n) is 2.08. The second-order valence-corrected chi connectivity index (χ2v) is 7.21. The summed E-state index contributed by atoms with van der Waals surface area (Å²) in [4.78, 5) is 0.0363.